The van der Waals surface area contributed by atoms with E-state index in [9.17, 15) is 4.79 Å². The Kier molecular flexibility index (Phi) is 3.07. The highest BCUT2D eigenvalue weighted by Crippen LogP contribution is 2.30. The number of nitrogens with zero attached hydrogens (tertiary/aromatic N) is 1. The molecule has 0 radical (unpaired) electrons. The highest BCUT2D eigenvalue weighted by Gasteiger charge is 2.09. The van der Waals surface area contributed by atoms with Crippen LogP contribution in [0.3, 0.4) is 0 Å². The average Bonchev–Trinajstić information content (AvgIpc) is 2.73. The van der Waals surface area contributed by atoms with Gasteiger partial charge in [-0.2, -0.15) is 0 Å². The molecule has 0 bridgehead atoms. The Morgan fingerprint density at radius 1 is 1.50 bits per heavy atom. The predicted molar refractivity (Wildman–Crippen MR) is 60.6 cm³/mol. The first-order chi connectivity index (χ1) is 7.66. The molecule has 0 saturated carbocycles. The van der Waals surface area contributed by atoms with Crippen molar-refractivity contribution in [2.45, 2.75) is 0 Å². The van der Waals surface area contributed by atoms with Crippen molar-refractivity contribution in [3.8, 4) is 10.9 Å². The first-order valence-corrected chi connectivity index (χ1v) is 5.53. The number of rotatable bonds is 3. The van der Waals surface area contributed by atoms with Crippen LogP contribution < -0.4 is 4.74 Å². The summed E-state index contributed by atoms with van der Waals surface area (Å²) >= 11 is 7.21. The monoisotopic (exact) mass is 255 g/mol. The van der Waals surface area contributed by atoms with Gasteiger partial charge in [-0.05, 0) is 18.2 Å². The van der Waals surface area contributed by atoms with Crippen molar-refractivity contribution in [1.82, 2.24) is 4.98 Å². The van der Waals surface area contributed by atoms with E-state index < -0.39 is 5.97 Å². The number of carboxylic acids is 1. The van der Waals surface area contributed by atoms with E-state index in [4.69, 9.17) is 21.4 Å². The number of aromatic carboxylic acids is 1. The fourth-order valence-electron chi connectivity index (χ4n) is 1.07. The second-order valence-electron chi connectivity index (χ2n) is 2.85. The largest absolute Gasteiger partial charge is 0.478 e. The first-order valence-electron chi connectivity index (χ1n) is 4.27. The van der Waals surface area contributed by atoms with E-state index in [0.717, 1.165) is 0 Å². The molecule has 0 spiro atoms. The molecule has 1 aromatic carbocycles. The Labute approximate surface area is 100 Å². The van der Waals surface area contributed by atoms with Gasteiger partial charge in [-0.25, -0.2) is 9.78 Å². The second-order valence-corrected chi connectivity index (χ2v) is 4.11. The smallest absolute Gasteiger partial charge is 0.335 e. The van der Waals surface area contributed by atoms with Gasteiger partial charge in [-0.15, -0.1) is 0 Å². The molecule has 1 heterocycles. The number of thiazole rings is 1. The van der Waals surface area contributed by atoms with Gasteiger partial charge in [0.1, 0.15) is 5.75 Å². The SMILES string of the molecule is O=C(O)c1ccc(Oc2nccs2)c(Cl)c1. The van der Waals surface area contributed by atoms with Crippen LogP contribution in [0.4, 0.5) is 0 Å². The molecule has 82 valence electrons. The lowest BCUT2D eigenvalue weighted by atomic mass is 10.2. The average molecular weight is 256 g/mol. The van der Waals surface area contributed by atoms with E-state index in [1.807, 2.05) is 0 Å². The number of hydrogen-bond donors (Lipinski definition) is 1. The highest BCUT2D eigenvalue weighted by molar-refractivity contribution is 7.11. The van der Waals surface area contributed by atoms with Gasteiger partial charge in [0.2, 0.25) is 0 Å². The van der Waals surface area contributed by atoms with Gasteiger partial charge in [0.15, 0.2) is 0 Å². The van der Waals surface area contributed by atoms with Gasteiger partial charge < -0.3 is 9.84 Å². The van der Waals surface area contributed by atoms with Crippen LogP contribution in [0.1, 0.15) is 10.4 Å². The topological polar surface area (TPSA) is 59.4 Å². The molecule has 0 saturated heterocycles. The standard InChI is InChI=1S/C10H6ClNO3S/c11-7-5-6(9(13)14)1-2-8(7)15-10-12-3-4-16-10/h1-5H,(H,13,14). The summed E-state index contributed by atoms with van der Waals surface area (Å²) in [7, 11) is 0. The van der Waals surface area contributed by atoms with Crippen LogP contribution in [0.15, 0.2) is 29.8 Å². The highest BCUT2D eigenvalue weighted by atomic mass is 35.5. The van der Waals surface area contributed by atoms with Crippen molar-refractivity contribution in [2.75, 3.05) is 0 Å². The third-order valence-electron chi connectivity index (χ3n) is 1.79. The zero-order chi connectivity index (χ0) is 11.5. The van der Waals surface area contributed by atoms with Gasteiger partial charge in [-0.1, -0.05) is 22.9 Å². The van der Waals surface area contributed by atoms with Crippen LogP contribution in [0, 0.1) is 0 Å². The fourth-order valence-corrected chi connectivity index (χ4v) is 1.79. The van der Waals surface area contributed by atoms with Crippen LogP contribution in [0.5, 0.6) is 10.9 Å². The zero-order valence-electron chi connectivity index (χ0n) is 7.88. The van der Waals surface area contributed by atoms with Crippen molar-refractivity contribution in [1.29, 1.82) is 0 Å². The van der Waals surface area contributed by atoms with E-state index in [-0.39, 0.29) is 10.6 Å². The van der Waals surface area contributed by atoms with E-state index in [0.29, 0.717) is 10.9 Å². The number of hydrogen-bond acceptors (Lipinski definition) is 4. The molecule has 0 amide bonds. The maximum atomic E-state index is 10.7. The molecule has 0 atom stereocenters. The van der Waals surface area contributed by atoms with Gasteiger partial charge in [0.05, 0.1) is 10.6 Å². The molecule has 16 heavy (non-hydrogen) atoms. The van der Waals surface area contributed by atoms with Crippen LogP contribution in [-0.4, -0.2) is 16.1 Å². The van der Waals surface area contributed by atoms with Crippen molar-refractivity contribution in [3.05, 3.63) is 40.4 Å². The lowest BCUT2D eigenvalue weighted by molar-refractivity contribution is 0.0697. The molecule has 6 heteroatoms. The van der Waals surface area contributed by atoms with E-state index in [2.05, 4.69) is 4.98 Å². The zero-order valence-corrected chi connectivity index (χ0v) is 9.46. The normalized spacial score (nSPS) is 10.1. The Hall–Kier alpha value is -1.59. The Bertz CT molecular complexity index is 513. The number of benzene rings is 1. The number of ether oxygens (including phenoxy) is 1. The summed E-state index contributed by atoms with van der Waals surface area (Å²) in [6, 6.07) is 4.27. The second kappa shape index (κ2) is 4.51. The molecule has 0 aliphatic carbocycles. The van der Waals surface area contributed by atoms with Gasteiger partial charge in [0, 0.05) is 11.6 Å². The Morgan fingerprint density at radius 2 is 2.31 bits per heavy atom. The van der Waals surface area contributed by atoms with Crippen molar-refractivity contribution in [3.63, 3.8) is 0 Å². The van der Waals surface area contributed by atoms with Crippen LogP contribution in [0.25, 0.3) is 0 Å². The molecule has 2 rings (SSSR count). The van der Waals surface area contributed by atoms with E-state index in [1.54, 1.807) is 11.6 Å². The summed E-state index contributed by atoms with van der Waals surface area (Å²) in [5, 5.41) is 11.2. The predicted octanol–water partition coefficient (Wildman–Crippen LogP) is 3.29. The van der Waals surface area contributed by atoms with Crippen LogP contribution >= 0.6 is 22.9 Å². The summed E-state index contributed by atoms with van der Waals surface area (Å²) in [5.74, 6) is -0.635. The van der Waals surface area contributed by atoms with Crippen molar-refractivity contribution < 1.29 is 14.6 Å². The number of carboxylic acid groups (broad SMARTS) is 1. The third kappa shape index (κ3) is 2.32. The molecule has 4 nitrogen and oxygen atoms in total. The molecule has 0 fully saturated rings. The molecular weight excluding hydrogens is 250 g/mol. The molecule has 1 N–H and O–H groups in total. The number of aromatic nitrogens is 1. The summed E-state index contributed by atoms with van der Waals surface area (Å²) in [4.78, 5) is 14.6. The maximum absolute atomic E-state index is 10.7. The van der Waals surface area contributed by atoms with Gasteiger partial charge in [0.25, 0.3) is 5.19 Å². The van der Waals surface area contributed by atoms with Crippen molar-refractivity contribution in [2.24, 2.45) is 0 Å². The number of carbonyl (C=O) groups is 1. The Morgan fingerprint density at radius 3 is 2.88 bits per heavy atom. The summed E-state index contributed by atoms with van der Waals surface area (Å²) in [6.45, 7) is 0. The van der Waals surface area contributed by atoms with Crippen molar-refractivity contribution >= 4 is 28.9 Å². The summed E-state index contributed by atoms with van der Waals surface area (Å²) in [6.07, 6.45) is 1.61. The van der Waals surface area contributed by atoms with Gasteiger partial charge in [-0.3, -0.25) is 0 Å². The summed E-state index contributed by atoms with van der Waals surface area (Å²) in [5.41, 5.74) is 0.122. The summed E-state index contributed by atoms with van der Waals surface area (Å²) < 4.78 is 5.37. The van der Waals surface area contributed by atoms with Crippen LogP contribution in [-0.2, 0) is 0 Å². The van der Waals surface area contributed by atoms with Crippen LogP contribution in [0.2, 0.25) is 5.02 Å². The first kappa shape index (κ1) is 10.9. The quantitative estimate of drug-likeness (QED) is 0.914. The lowest BCUT2D eigenvalue weighted by Gasteiger charge is -2.04. The van der Waals surface area contributed by atoms with E-state index in [1.165, 1.54) is 29.5 Å². The van der Waals surface area contributed by atoms with Gasteiger partial charge >= 0.3 is 5.97 Å². The minimum Gasteiger partial charge on any atom is -0.478 e. The lowest BCUT2D eigenvalue weighted by Crippen LogP contribution is -1.96. The fraction of sp³-hybridized carbons (Fsp3) is 0. The minimum absolute atomic E-state index is 0.122. The maximum Gasteiger partial charge on any atom is 0.335 e. The number of halogens is 1. The van der Waals surface area contributed by atoms with E-state index >= 15 is 0 Å². The minimum atomic E-state index is -1.03. The Balaban J connectivity index is 2.26. The third-order valence-corrected chi connectivity index (χ3v) is 2.73. The molecule has 1 aromatic heterocycles. The molecule has 2 aromatic rings. The molecule has 0 aliphatic rings. The molecule has 0 aliphatic heterocycles. The molecular formula is C10H6ClNO3S. The molecule has 0 unspecified atom stereocenters.